The number of imide groups is 1. The largest absolute Gasteiger partial charge is 0.381 e. The minimum Gasteiger partial charge on any atom is -0.381 e. The summed E-state index contributed by atoms with van der Waals surface area (Å²) in [6.07, 6.45) is 11.3. The van der Waals surface area contributed by atoms with Gasteiger partial charge in [0.2, 0.25) is 17.8 Å². The number of piperidine rings is 1. The number of nitrogens with one attached hydrogen (secondary N) is 4. The fourth-order valence-electron chi connectivity index (χ4n) is 6.95. The fraction of sp³-hybridized carbons (Fsp3) is 0.515. The van der Waals surface area contributed by atoms with Crippen molar-refractivity contribution in [2.24, 2.45) is 13.0 Å². The summed E-state index contributed by atoms with van der Waals surface area (Å²) in [6.45, 7) is 1.37. The number of hydrogen-bond donors (Lipinski definition) is 4. The molecule has 1 atom stereocenters. The second kappa shape index (κ2) is 13.2. The maximum atomic E-state index is 14.9. The summed E-state index contributed by atoms with van der Waals surface area (Å²) in [4.78, 5) is 47.4. The van der Waals surface area contributed by atoms with Gasteiger partial charge < -0.3 is 20.9 Å². The molecule has 2 aromatic heterocycles. The molecule has 12 nitrogen and oxygen atoms in total. The third-order valence-corrected chi connectivity index (χ3v) is 10.1. The average molecular weight is 664 g/mol. The van der Waals surface area contributed by atoms with Gasteiger partial charge in [-0.2, -0.15) is 5.10 Å². The van der Waals surface area contributed by atoms with Crippen molar-refractivity contribution in [3.8, 4) is 11.3 Å². The normalized spacial score (nSPS) is 22.7. The topological polar surface area (TPSA) is 146 Å². The Morgan fingerprint density at radius 3 is 2.55 bits per heavy atom. The Morgan fingerprint density at radius 2 is 1.79 bits per heavy atom. The molecule has 248 valence electrons. The molecule has 0 spiro atoms. The van der Waals surface area contributed by atoms with Gasteiger partial charge in [0.15, 0.2) is 0 Å². The van der Waals surface area contributed by atoms with Crippen LogP contribution >= 0.6 is 11.6 Å². The summed E-state index contributed by atoms with van der Waals surface area (Å²) in [6, 6.07) is 2.77. The highest BCUT2D eigenvalue weighted by atomic mass is 35.5. The van der Waals surface area contributed by atoms with E-state index in [1.807, 2.05) is 17.9 Å². The van der Waals surface area contributed by atoms with Crippen LogP contribution in [-0.4, -0.2) is 73.6 Å². The summed E-state index contributed by atoms with van der Waals surface area (Å²) < 4.78 is 16.9. The van der Waals surface area contributed by atoms with Crippen molar-refractivity contribution in [3.63, 3.8) is 0 Å². The van der Waals surface area contributed by atoms with E-state index in [0.717, 1.165) is 43.4 Å². The smallest absolute Gasteiger partial charge is 0.255 e. The van der Waals surface area contributed by atoms with E-state index in [1.54, 1.807) is 12.3 Å². The van der Waals surface area contributed by atoms with Crippen LogP contribution in [0.3, 0.4) is 0 Å². The highest BCUT2D eigenvalue weighted by Crippen LogP contribution is 2.37. The molecule has 47 heavy (non-hydrogen) atoms. The zero-order valence-corrected chi connectivity index (χ0v) is 27.1. The Kier molecular flexibility index (Phi) is 8.84. The summed E-state index contributed by atoms with van der Waals surface area (Å²) in [5.41, 5.74) is 4.10. The molecule has 3 amide bonds. The van der Waals surface area contributed by atoms with Gasteiger partial charge in [0.05, 0.1) is 28.8 Å². The van der Waals surface area contributed by atoms with Crippen LogP contribution in [0.2, 0.25) is 5.02 Å². The number of carbonyl (C=O) groups is 3. The lowest BCUT2D eigenvalue weighted by Crippen LogP contribution is -2.52. The second-order valence-electron chi connectivity index (χ2n) is 13.1. The molecule has 2 aliphatic heterocycles. The number of halogens is 2. The Bertz CT molecular complexity index is 1700. The van der Waals surface area contributed by atoms with Crippen LogP contribution in [0.25, 0.3) is 11.3 Å². The van der Waals surface area contributed by atoms with Crippen molar-refractivity contribution < 1.29 is 18.8 Å². The first kappa shape index (κ1) is 31.5. The minimum atomic E-state index is -0.727. The number of anilines is 2. The van der Waals surface area contributed by atoms with E-state index in [9.17, 15) is 18.8 Å². The lowest BCUT2D eigenvalue weighted by atomic mass is 9.91. The number of rotatable bonds is 11. The van der Waals surface area contributed by atoms with Gasteiger partial charge in [-0.3, -0.25) is 24.4 Å². The summed E-state index contributed by atoms with van der Waals surface area (Å²) >= 11 is 6.55. The van der Waals surface area contributed by atoms with Crippen molar-refractivity contribution in [1.82, 2.24) is 35.3 Å². The van der Waals surface area contributed by atoms with Gasteiger partial charge in [0, 0.05) is 62.0 Å². The zero-order valence-electron chi connectivity index (χ0n) is 26.3. The van der Waals surface area contributed by atoms with Crippen LogP contribution in [0.1, 0.15) is 73.0 Å². The van der Waals surface area contributed by atoms with Crippen LogP contribution in [0.4, 0.5) is 16.0 Å². The van der Waals surface area contributed by atoms with Crippen LogP contribution < -0.4 is 21.3 Å². The highest BCUT2D eigenvalue weighted by Gasteiger charge is 2.39. The Labute approximate surface area is 277 Å². The Balaban J connectivity index is 0.874. The van der Waals surface area contributed by atoms with E-state index in [-0.39, 0.29) is 42.8 Å². The van der Waals surface area contributed by atoms with Crippen molar-refractivity contribution in [2.75, 3.05) is 23.7 Å². The molecule has 14 heteroatoms. The number of aromatic nitrogens is 4. The van der Waals surface area contributed by atoms with E-state index in [2.05, 4.69) is 31.3 Å². The van der Waals surface area contributed by atoms with Crippen LogP contribution in [0.5, 0.6) is 0 Å². The molecule has 3 fully saturated rings. The maximum Gasteiger partial charge on any atom is 0.255 e. The summed E-state index contributed by atoms with van der Waals surface area (Å²) in [5, 5.41) is 17.5. The molecule has 7 rings (SSSR count). The average Bonchev–Trinajstić information content (AvgIpc) is 3.74. The third-order valence-electron chi connectivity index (χ3n) is 9.78. The standard InChI is InChI=1S/C33H39ClFN9O3/c1-43-28(12-18-2-3-18)23(15-39-43)30-24(34)16-38-33(42-30)40-21-6-4-20(5-7-21)36-10-11-37-26-13-19-17-44(32(47)22(19)14-25(26)35)27-8-9-29(45)41-31(27)46/h13-16,18,20-21,27,36-37H,2-12,17H2,1H3,(H,38,40,42)(H,41,45,46)/t20-,21-,27?. The van der Waals surface area contributed by atoms with E-state index in [1.165, 1.54) is 23.8 Å². The lowest BCUT2D eigenvalue weighted by Gasteiger charge is -2.30. The zero-order chi connectivity index (χ0) is 32.7. The molecule has 4 N–H and O–H groups in total. The van der Waals surface area contributed by atoms with Gasteiger partial charge in [-0.15, -0.1) is 0 Å². The van der Waals surface area contributed by atoms with Crippen molar-refractivity contribution in [1.29, 1.82) is 0 Å². The predicted octanol–water partition coefficient (Wildman–Crippen LogP) is 3.81. The van der Waals surface area contributed by atoms with E-state index < -0.39 is 17.8 Å². The molecular formula is C33H39ClFN9O3. The van der Waals surface area contributed by atoms with Crippen LogP contribution in [-0.2, 0) is 29.6 Å². The molecule has 1 unspecified atom stereocenters. The predicted molar refractivity (Wildman–Crippen MR) is 174 cm³/mol. The SMILES string of the molecule is Cn1ncc(-c2nc(N[C@H]3CC[C@H](NCCNc4cc5c(cc4F)C(=O)N(C4CCC(=O)NC4=O)C5)CC3)ncc2Cl)c1CC1CC1. The first-order valence-corrected chi connectivity index (χ1v) is 16.9. The highest BCUT2D eigenvalue weighted by molar-refractivity contribution is 6.33. The summed E-state index contributed by atoms with van der Waals surface area (Å²) in [5.74, 6) is -0.432. The molecule has 0 radical (unpaired) electrons. The molecular weight excluding hydrogens is 625 g/mol. The quantitative estimate of drug-likeness (QED) is 0.178. The van der Waals surface area contributed by atoms with E-state index in [4.69, 9.17) is 16.6 Å². The van der Waals surface area contributed by atoms with Crippen molar-refractivity contribution in [3.05, 3.63) is 52.2 Å². The first-order chi connectivity index (χ1) is 22.7. The number of benzene rings is 1. The van der Waals surface area contributed by atoms with Gasteiger partial charge in [-0.05, 0) is 75.0 Å². The number of carbonyl (C=O) groups excluding carboxylic acids is 3. The molecule has 1 aromatic carbocycles. The third kappa shape index (κ3) is 6.82. The van der Waals surface area contributed by atoms with Crippen molar-refractivity contribution >= 4 is 41.0 Å². The second-order valence-corrected chi connectivity index (χ2v) is 13.5. The van der Waals surface area contributed by atoms with Gasteiger partial charge in [-0.1, -0.05) is 11.6 Å². The Hall–Kier alpha value is -4.10. The molecule has 1 saturated heterocycles. The first-order valence-electron chi connectivity index (χ1n) is 16.5. The van der Waals surface area contributed by atoms with Gasteiger partial charge in [0.1, 0.15) is 11.9 Å². The number of hydrogen-bond acceptors (Lipinski definition) is 9. The molecule has 4 heterocycles. The molecule has 2 saturated carbocycles. The van der Waals surface area contributed by atoms with Gasteiger partial charge >= 0.3 is 0 Å². The van der Waals surface area contributed by atoms with Crippen molar-refractivity contribution in [2.45, 2.75) is 82.5 Å². The molecule has 2 aliphatic carbocycles. The van der Waals surface area contributed by atoms with Crippen LogP contribution in [0.15, 0.2) is 24.5 Å². The van der Waals surface area contributed by atoms with E-state index in [0.29, 0.717) is 53.0 Å². The molecule has 0 bridgehead atoms. The van der Waals surface area contributed by atoms with Gasteiger partial charge in [-0.25, -0.2) is 14.4 Å². The molecule has 3 aromatic rings. The minimum absolute atomic E-state index is 0.175. The number of fused-ring (bicyclic) bond motifs is 1. The number of amides is 3. The lowest BCUT2D eigenvalue weighted by molar-refractivity contribution is -0.136. The number of nitrogens with zero attached hydrogens (tertiary/aromatic N) is 5. The Morgan fingerprint density at radius 1 is 1.00 bits per heavy atom. The maximum absolute atomic E-state index is 14.9. The summed E-state index contributed by atoms with van der Waals surface area (Å²) in [7, 11) is 1.96. The monoisotopic (exact) mass is 663 g/mol. The van der Waals surface area contributed by atoms with Gasteiger partial charge in [0.25, 0.3) is 5.91 Å². The molecule has 4 aliphatic rings. The fourth-order valence-corrected chi connectivity index (χ4v) is 7.14. The van der Waals surface area contributed by atoms with Crippen LogP contribution in [0, 0.1) is 11.7 Å². The number of aryl methyl sites for hydroxylation is 1. The van der Waals surface area contributed by atoms with E-state index >= 15 is 0 Å².